The van der Waals surface area contributed by atoms with Crippen molar-refractivity contribution >= 4 is 22.0 Å². The summed E-state index contributed by atoms with van der Waals surface area (Å²) in [6.45, 7) is 5.29. The lowest BCUT2D eigenvalue weighted by atomic mass is 10.1. The van der Waals surface area contributed by atoms with Crippen LogP contribution in [-0.2, 0) is 21.2 Å². The molecular formula is C20H30N4O4S. The van der Waals surface area contributed by atoms with Gasteiger partial charge in [-0.25, -0.2) is 17.5 Å². The van der Waals surface area contributed by atoms with Crippen molar-refractivity contribution in [2.75, 3.05) is 31.9 Å². The topological polar surface area (TPSA) is 98.8 Å². The van der Waals surface area contributed by atoms with Crippen molar-refractivity contribution in [2.24, 2.45) is 5.92 Å². The number of carbonyl (C=O) groups excluding carboxylic acids is 2. The zero-order valence-electron chi connectivity index (χ0n) is 17.0. The van der Waals surface area contributed by atoms with Crippen LogP contribution in [0.4, 0.5) is 4.79 Å². The zero-order valence-corrected chi connectivity index (χ0v) is 17.8. The van der Waals surface area contributed by atoms with Gasteiger partial charge in [0.15, 0.2) is 0 Å². The van der Waals surface area contributed by atoms with Crippen LogP contribution in [0.25, 0.3) is 0 Å². The van der Waals surface area contributed by atoms with Gasteiger partial charge >= 0.3 is 6.03 Å². The molecule has 8 nitrogen and oxygen atoms in total. The number of hydrogen-bond donors (Lipinski definition) is 2. The van der Waals surface area contributed by atoms with Crippen molar-refractivity contribution in [3.8, 4) is 0 Å². The fraction of sp³-hybridized carbons (Fsp3) is 0.600. The van der Waals surface area contributed by atoms with Crippen molar-refractivity contribution in [2.45, 2.75) is 38.8 Å². The molecule has 160 valence electrons. The Hall–Kier alpha value is -2.13. The van der Waals surface area contributed by atoms with Gasteiger partial charge in [0, 0.05) is 32.2 Å². The Bertz CT molecular complexity index is 828. The van der Waals surface area contributed by atoms with Gasteiger partial charge in [-0.15, -0.1) is 0 Å². The fourth-order valence-electron chi connectivity index (χ4n) is 3.89. The third kappa shape index (κ3) is 5.48. The SMILES string of the molecule is CC(C)CN1C(=O)[C@@H]2C[C@H](NC(=O)NCCc3ccccc3)CN2CCS1(=O)=O. The van der Waals surface area contributed by atoms with E-state index >= 15 is 0 Å². The molecule has 3 rings (SSSR count). The largest absolute Gasteiger partial charge is 0.338 e. The van der Waals surface area contributed by atoms with Gasteiger partial charge in [0.25, 0.3) is 5.91 Å². The maximum Gasteiger partial charge on any atom is 0.315 e. The predicted octanol–water partition coefficient (Wildman–Crippen LogP) is 0.799. The second kappa shape index (κ2) is 9.13. The molecule has 2 heterocycles. The Morgan fingerprint density at radius 1 is 1.24 bits per heavy atom. The highest BCUT2D eigenvalue weighted by Crippen LogP contribution is 2.25. The van der Waals surface area contributed by atoms with Gasteiger partial charge in [-0.05, 0) is 24.3 Å². The first-order valence-corrected chi connectivity index (χ1v) is 11.7. The number of carbonyl (C=O) groups is 2. The van der Waals surface area contributed by atoms with Crippen LogP contribution in [0.1, 0.15) is 25.8 Å². The number of sulfonamides is 1. The Kier molecular flexibility index (Phi) is 6.79. The molecule has 2 aliphatic heterocycles. The van der Waals surface area contributed by atoms with Crippen molar-refractivity contribution in [1.29, 1.82) is 0 Å². The molecule has 0 aromatic heterocycles. The van der Waals surface area contributed by atoms with E-state index in [0.29, 0.717) is 26.1 Å². The van der Waals surface area contributed by atoms with E-state index in [2.05, 4.69) is 10.6 Å². The molecule has 3 amide bonds. The summed E-state index contributed by atoms with van der Waals surface area (Å²) in [5.41, 5.74) is 1.15. The Balaban J connectivity index is 1.53. The predicted molar refractivity (Wildman–Crippen MR) is 111 cm³/mol. The minimum Gasteiger partial charge on any atom is -0.338 e. The van der Waals surface area contributed by atoms with Gasteiger partial charge in [-0.3, -0.25) is 9.69 Å². The van der Waals surface area contributed by atoms with Crippen LogP contribution in [0.3, 0.4) is 0 Å². The quantitative estimate of drug-likeness (QED) is 0.707. The zero-order chi connectivity index (χ0) is 21.0. The van der Waals surface area contributed by atoms with Gasteiger partial charge < -0.3 is 10.6 Å². The molecule has 2 aliphatic rings. The highest BCUT2D eigenvalue weighted by atomic mass is 32.2. The standard InChI is InChI=1S/C20H30N4O4S/c1-15(2)13-24-19(25)18-12-17(14-23(18)10-11-29(24,27)28)22-20(26)21-9-8-16-6-4-3-5-7-16/h3-7,15,17-18H,8-14H2,1-2H3,(H2,21,22,26)/t17-,18-/m0/s1. The van der Waals surface area contributed by atoms with E-state index in [-0.39, 0.29) is 36.2 Å². The summed E-state index contributed by atoms with van der Waals surface area (Å²) >= 11 is 0. The van der Waals surface area contributed by atoms with E-state index in [4.69, 9.17) is 0 Å². The Morgan fingerprint density at radius 3 is 2.66 bits per heavy atom. The lowest BCUT2D eigenvalue weighted by Crippen LogP contribution is -2.46. The van der Waals surface area contributed by atoms with Crippen molar-refractivity contribution < 1.29 is 18.0 Å². The molecule has 0 aliphatic carbocycles. The second-order valence-corrected chi connectivity index (χ2v) is 10.2. The summed E-state index contributed by atoms with van der Waals surface area (Å²) in [5, 5.41) is 5.78. The minimum absolute atomic E-state index is 0.0611. The summed E-state index contributed by atoms with van der Waals surface area (Å²) in [7, 11) is -3.58. The molecule has 29 heavy (non-hydrogen) atoms. The third-order valence-corrected chi connectivity index (χ3v) is 7.01. The van der Waals surface area contributed by atoms with Gasteiger partial charge in [0.1, 0.15) is 0 Å². The number of rotatable bonds is 6. The van der Waals surface area contributed by atoms with Crippen molar-refractivity contribution in [3.05, 3.63) is 35.9 Å². The first-order valence-electron chi connectivity index (χ1n) is 10.1. The maximum atomic E-state index is 12.9. The molecule has 1 aromatic carbocycles. The molecule has 2 atom stereocenters. The first-order chi connectivity index (χ1) is 13.8. The van der Waals surface area contributed by atoms with Crippen LogP contribution in [0, 0.1) is 5.92 Å². The minimum atomic E-state index is -3.58. The van der Waals surface area contributed by atoms with E-state index in [1.165, 1.54) is 0 Å². The van der Waals surface area contributed by atoms with Gasteiger partial charge in [-0.2, -0.15) is 0 Å². The molecule has 0 saturated carbocycles. The van der Waals surface area contributed by atoms with E-state index in [1.807, 2.05) is 49.1 Å². The van der Waals surface area contributed by atoms with Crippen LogP contribution in [0.15, 0.2) is 30.3 Å². The molecule has 0 spiro atoms. The molecular weight excluding hydrogens is 392 g/mol. The van der Waals surface area contributed by atoms with Crippen LogP contribution in [-0.4, -0.2) is 73.6 Å². The van der Waals surface area contributed by atoms with Crippen LogP contribution in [0.2, 0.25) is 0 Å². The molecule has 1 aromatic rings. The van der Waals surface area contributed by atoms with E-state index in [1.54, 1.807) is 0 Å². The van der Waals surface area contributed by atoms with Crippen molar-refractivity contribution in [3.63, 3.8) is 0 Å². The normalized spacial score (nSPS) is 24.2. The number of fused-ring (bicyclic) bond motifs is 1. The van der Waals surface area contributed by atoms with Crippen LogP contribution in [0.5, 0.6) is 0 Å². The molecule has 2 saturated heterocycles. The summed E-state index contributed by atoms with van der Waals surface area (Å²) in [6, 6.07) is 8.97. The number of hydrogen-bond acceptors (Lipinski definition) is 5. The van der Waals surface area contributed by atoms with Crippen molar-refractivity contribution in [1.82, 2.24) is 19.8 Å². The van der Waals surface area contributed by atoms with E-state index in [9.17, 15) is 18.0 Å². The molecule has 0 bridgehead atoms. The molecule has 0 unspecified atom stereocenters. The van der Waals surface area contributed by atoms with E-state index in [0.717, 1.165) is 16.3 Å². The molecule has 2 fully saturated rings. The second-order valence-electron chi connectivity index (χ2n) is 8.16. The lowest BCUT2D eigenvalue weighted by Gasteiger charge is -2.25. The number of benzene rings is 1. The highest BCUT2D eigenvalue weighted by Gasteiger charge is 2.45. The summed E-state index contributed by atoms with van der Waals surface area (Å²) in [6.07, 6.45) is 1.17. The third-order valence-electron chi connectivity index (χ3n) is 5.31. The smallest absolute Gasteiger partial charge is 0.315 e. The van der Waals surface area contributed by atoms with E-state index < -0.39 is 16.1 Å². The number of urea groups is 1. The van der Waals surface area contributed by atoms with Gasteiger partial charge in [0.2, 0.25) is 10.0 Å². The average molecular weight is 423 g/mol. The van der Waals surface area contributed by atoms with Gasteiger partial charge in [0.05, 0.1) is 11.8 Å². The maximum absolute atomic E-state index is 12.9. The van der Waals surface area contributed by atoms with Gasteiger partial charge in [-0.1, -0.05) is 44.2 Å². The summed E-state index contributed by atoms with van der Waals surface area (Å²) < 4.78 is 26.0. The number of nitrogens with zero attached hydrogens (tertiary/aromatic N) is 2. The Morgan fingerprint density at radius 2 is 1.97 bits per heavy atom. The Labute approximate surface area is 172 Å². The fourth-order valence-corrected chi connectivity index (χ4v) is 5.50. The summed E-state index contributed by atoms with van der Waals surface area (Å²) in [5.74, 6) is -0.381. The molecule has 0 radical (unpaired) electrons. The average Bonchev–Trinajstić information content (AvgIpc) is 3.04. The molecule has 2 N–H and O–H groups in total. The summed E-state index contributed by atoms with van der Waals surface area (Å²) in [4.78, 5) is 27.0. The first kappa shape index (κ1) is 21.6. The van der Waals surface area contributed by atoms with Crippen LogP contribution >= 0.6 is 0 Å². The lowest BCUT2D eigenvalue weighted by molar-refractivity contribution is -0.130. The number of amides is 3. The highest BCUT2D eigenvalue weighted by molar-refractivity contribution is 7.89. The number of nitrogens with one attached hydrogen (secondary N) is 2. The monoisotopic (exact) mass is 422 g/mol. The molecule has 9 heteroatoms. The van der Waals surface area contributed by atoms with Crippen LogP contribution < -0.4 is 10.6 Å².